The van der Waals surface area contributed by atoms with Crippen molar-refractivity contribution in [1.82, 2.24) is 15.1 Å². The van der Waals surface area contributed by atoms with E-state index < -0.39 is 0 Å². The van der Waals surface area contributed by atoms with Crippen molar-refractivity contribution in [3.05, 3.63) is 33.8 Å². The van der Waals surface area contributed by atoms with Crippen molar-refractivity contribution >= 4 is 17.6 Å². The highest BCUT2D eigenvalue weighted by atomic mass is 35.5. The third-order valence-electron chi connectivity index (χ3n) is 5.19. The number of nitrogens with zero attached hydrogens (tertiary/aromatic N) is 2. The van der Waals surface area contributed by atoms with Gasteiger partial charge in [-0.1, -0.05) is 11.6 Å². The molecule has 0 unspecified atom stereocenters. The van der Waals surface area contributed by atoms with Crippen LogP contribution in [0.25, 0.3) is 0 Å². The third kappa shape index (κ3) is 3.62. The normalized spacial score (nSPS) is 24.1. The number of morpholine rings is 2. The van der Waals surface area contributed by atoms with E-state index in [0.717, 1.165) is 31.1 Å². The molecule has 0 saturated carbocycles. The molecule has 2 amide bonds. The summed E-state index contributed by atoms with van der Waals surface area (Å²) < 4.78 is 11.0. The number of rotatable bonds is 1. The Morgan fingerprint density at radius 1 is 1.12 bits per heavy atom. The van der Waals surface area contributed by atoms with Gasteiger partial charge in [0.1, 0.15) is 0 Å². The molecular formula is C18H24ClN3O3. The molecule has 0 aliphatic carbocycles. The summed E-state index contributed by atoms with van der Waals surface area (Å²) in [5.74, 6) is 0. The number of urea groups is 1. The monoisotopic (exact) mass is 365 g/mol. The smallest absolute Gasteiger partial charge is 0.320 e. The molecule has 0 spiro atoms. The molecule has 4 rings (SSSR count). The van der Waals surface area contributed by atoms with Crippen molar-refractivity contribution in [3.8, 4) is 0 Å². The first-order valence-electron chi connectivity index (χ1n) is 8.96. The molecule has 7 heteroatoms. The summed E-state index contributed by atoms with van der Waals surface area (Å²) in [5.41, 5.74) is 3.64. The lowest BCUT2D eigenvalue weighted by Gasteiger charge is -2.37. The number of halogens is 1. The lowest BCUT2D eigenvalue weighted by Crippen LogP contribution is -2.49. The molecule has 3 aliphatic rings. The number of carbonyl (C=O) groups excluding carboxylic acids is 1. The van der Waals surface area contributed by atoms with Crippen LogP contribution in [0.15, 0.2) is 12.1 Å². The predicted octanol–water partition coefficient (Wildman–Crippen LogP) is 1.81. The van der Waals surface area contributed by atoms with E-state index in [0.29, 0.717) is 39.5 Å². The number of fused-ring (bicyclic) bond motifs is 1. The number of carbonyl (C=O) groups is 1. The molecule has 136 valence electrons. The molecule has 25 heavy (non-hydrogen) atoms. The number of ether oxygens (including phenoxy) is 2. The van der Waals surface area contributed by atoms with Crippen LogP contribution < -0.4 is 5.32 Å². The summed E-state index contributed by atoms with van der Waals surface area (Å²) in [7, 11) is 0. The molecule has 1 atom stereocenters. The Labute approximate surface area is 153 Å². The van der Waals surface area contributed by atoms with Crippen LogP contribution in [0.3, 0.4) is 0 Å². The van der Waals surface area contributed by atoms with Crippen molar-refractivity contribution in [2.75, 3.05) is 52.6 Å². The van der Waals surface area contributed by atoms with Gasteiger partial charge in [-0.2, -0.15) is 0 Å². The summed E-state index contributed by atoms with van der Waals surface area (Å²) in [6.07, 6.45) is 0.840. The van der Waals surface area contributed by atoms with Gasteiger partial charge in [0.15, 0.2) is 0 Å². The fraction of sp³-hybridized carbons (Fsp3) is 0.611. The van der Waals surface area contributed by atoms with Crippen molar-refractivity contribution in [2.24, 2.45) is 0 Å². The van der Waals surface area contributed by atoms with Crippen molar-refractivity contribution in [1.29, 1.82) is 0 Å². The van der Waals surface area contributed by atoms with Crippen LogP contribution in [0, 0.1) is 0 Å². The van der Waals surface area contributed by atoms with E-state index in [1.165, 1.54) is 16.7 Å². The van der Waals surface area contributed by atoms with Crippen LogP contribution in [-0.4, -0.2) is 68.4 Å². The van der Waals surface area contributed by atoms with E-state index in [9.17, 15) is 4.79 Å². The number of amides is 2. The van der Waals surface area contributed by atoms with Crippen LogP contribution in [0.2, 0.25) is 5.02 Å². The van der Waals surface area contributed by atoms with Gasteiger partial charge >= 0.3 is 6.03 Å². The van der Waals surface area contributed by atoms with Crippen LogP contribution in [0.5, 0.6) is 0 Å². The van der Waals surface area contributed by atoms with Crippen LogP contribution >= 0.6 is 11.6 Å². The van der Waals surface area contributed by atoms with Gasteiger partial charge in [-0.3, -0.25) is 0 Å². The summed E-state index contributed by atoms with van der Waals surface area (Å²) in [6, 6.07) is 4.32. The average Bonchev–Trinajstić information content (AvgIpc) is 2.68. The molecule has 1 aromatic carbocycles. The Hall–Kier alpha value is -1.34. The number of nitrogens with one attached hydrogen (secondary N) is 1. The molecule has 0 radical (unpaired) electrons. The van der Waals surface area contributed by atoms with E-state index in [-0.39, 0.29) is 12.1 Å². The molecule has 1 aromatic rings. The first-order valence-corrected chi connectivity index (χ1v) is 9.34. The van der Waals surface area contributed by atoms with Gasteiger partial charge in [-0.25, -0.2) is 4.79 Å². The molecule has 3 aliphatic heterocycles. The minimum absolute atomic E-state index is 0.114. The van der Waals surface area contributed by atoms with E-state index >= 15 is 0 Å². The highest BCUT2D eigenvalue weighted by Gasteiger charge is 2.29. The molecule has 2 saturated heterocycles. The SMILES string of the molecule is O=C(N1CCOCC1)N1CCc2cc(Cl)cc([C@@H]3COCCN3)c2C1. The molecule has 6 nitrogen and oxygen atoms in total. The van der Waals surface area contributed by atoms with Crippen molar-refractivity contribution in [2.45, 2.75) is 19.0 Å². The largest absolute Gasteiger partial charge is 0.378 e. The fourth-order valence-corrected chi connectivity index (χ4v) is 4.10. The second kappa shape index (κ2) is 7.50. The summed E-state index contributed by atoms with van der Waals surface area (Å²) >= 11 is 6.35. The van der Waals surface area contributed by atoms with Crippen molar-refractivity contribution in [3.63, 3.8) is 0 Å². The lowest BCUT2D eigenvalue weighted by molar-refractivity contribution is 0.0420. The molecule has 0 aromatic heterocycles. The van der Waals surface area contributed by atoms with Gasteiger partial charge in [0.2, 0.25) is 0 Å². The molecular weight excluding hydrogens is 342 g/mol. The Bertz CT molecular complexity index is 643. The highest BCUT2D eigenvalue weighted by Crippen LogP contribution is 2.31. The highest BCUT2D eigenvalue weighted by molar-refractivity contribution is 6.30. The zero-order chi connectivity index (χ0) is 17.2. The average molecular weight is 366 g/mol. The standard InChI is InChI=1S/C18H24ClN3O3/c19-14-9-13-1-3-22(18(23)21-4-7-24-8-5-21)11-16(13)15(10-14)17-12-25-6-2-20-17/h9-10,17,20H,1-8,11-12H2/t17-/m0/s1. The Morgan fingerprint density at radius 2 is 1.96 bits per heavy atom. The van der Waals surface area contributed by atoms with Crippen molar-refractivity contribution < 1.29 is 14.3 Å². The first-order chi connectivity index (χ1) is 12.2. The second-order valence-electron chi connectivity index (χ2n) is 6.77. The zero-order valence-electron chi connectivity index (χ0n) is 14.3. The number of hydrogen-bond acceptors (Lipinski definition) is 4. The first kappa shape index (κ1) is 17.1. The molecule has 1 N–H and O–H groups in total. The van der Waals surface area contributed by atoms with Crippen LogP contribution in [0.4, 0.5) is 4.79 Å². The van der Waals surface area contributed by atoms with Crippen LogP contribution in [0.1, 0.15) is 22.7 Å². The maximum atomic E-state index is 12.8. The third-order valence-corrected chi connectivity index (χ3v) is 5.41. The van der Waals surface area contributed by atoms with Gasteiger partial charge in [-0.15, -0.1) is 0 Å². The van der Waals surface area contributed by atoms with Gasteiger partial charge in [-0.05, 0) is 35.2 Å². The Balaban J connectivity index is 1.57. The number of hydrogen-bond donors (Lipinski definition) is 1. The quantitative estimate of drug-likeness (QED) is 0.824. The maximum Gasteiger partial charge on any atom is 0.320 e. The molecule has 2 fully saturated rings. The van der Waals surface area contributed by atoms with E-state index in [1.54, 1.807) is 0 Å². The zero-order valence-corrected chi connectivity index (χ0v) is 15.1. The van der Waals surface area contributed by atoms with Gasteiger partial charge in [0.05, 0.1) is 32.5 Å². The molecule has 0 bridgehead atoms. The van der Waals surface area contributed by atoms with E-state index in [1.807, 2.05) is 21.9 Å². The Kier molecular flexibility index (Phi) is 5.12. The van der Waals surface area contributed by atoms with Gasteiger partial charge < -0.3 is 24.6 Å². The van der Waals surface area contributed by atoms with Gasteiger partial charge in [0, 0.05) is 37.7 Å². The fourth-order valence-electron chi connectivity index (χ4n) is 3.85. The lowest BCUT2D eigenvalue weighted by atomic mass is 9.91. The summed E-state index contributed by atoms with van der Waals surface area (Å²) in [4.78, 5) is 16.7. The predicted molar refractivity (Wildman–Crippen MR) is 94.9 cm³/mol. The van der Waals surface area contributed by atoms with E-state index in [2.05, 4.69) is 5.32 Å². The Morgan fingerprint density at radius 3 is 2.72 bits per heavy atom. The van der Waals surface area contributed by atoms with Gasteiger partial charge in [0.25, 0.3) is 0 Å². The number of benzene rings is 1. The van der Waals surface area contributed by atoms with E-state index in [4.69, 9.17) is 21.1 Å². The topological polar surface area (TPSA) is 54.0 Å². The maximum absolute atomic E-state index is 12.8. The molecule has 3 heterocycles. The minimum Gasteiger partial charge on any atom is -0.378 e. The minimum atomic E-state index is 0.114. The second-order valence-corrected chi connectivity index (χ2v) is 7.20. The summed E-state index contributed by atoms with van der Waals surface area (Å²) in [5, 5.41) is 4.26. The summed E-state index contributed by atoms with van der Waals surface area (Å²) in [6.45, 7) is 6.18. The van der Waals surface area contributed by atoms with Crippen LogP contribution in [-0.2, 0) is 22.4 Å².